The normalized spacial score (nSPS) is 15.5. The average Bonchev–Trinajstić information content (AvgIpc) is 3.99. The van der Waals surface area contributed by atoms with E-state index in [2.05, 4.69) is 88.2 Å². The molecule has 5 aromatic rings. The zero-order chi connectivity index (χ0) is 55.9. The zero-order valence-corrected chi connectivity index (χ0v) is 50.4. The van der Waals surface area contributed by atoms with Crippen LogP contribution >= 0.6 is 45.9 Å². The highest BCUT2D eigenvalue weighted by molar-refractivity contribution is 7.16. The molecule has 2 aromatic carbocycles. The maximum Gasteiger partial charge on any atom is 0.410 e. The number of ether oxygens (including phenoxy) is 2. The molecule has 2 saturated heterocycles. The highest BCUT2D eigenvalue weighted by Crippen LogP contribution is 2.47. The number of aryl methyl sites for hydroxylation is 1. The number of rotatable bonds is 8. The van der Waals surface area contributed by atoms with Gasteiger partial charge in [0.1, 0.15) is 43.7 Å². The summed E-state index contributed by atoms with van der Waals surface area (Å²) >= 11 is 16.6. The SMILES string of the molecule is CC(C)(C)OC(=O)N1CCC(c2nc(-c3cc(C(C)(C)C)c(O)c(C(C)(C)C)c3)c(Cl)s2)CC1.COC(=O)Cc1cc(C)n(CC(=O)N2CCC(c3nc(-c4cc(C(C)(C)C)c(O)c(C(C)(C)C)c4)c(Cl)s3)CC2)n1. The minimum Gasteiger partial charge on any atom is -0.507 e. The number of carbonyl (C=O) groups is 3. The van der Waals surface area contributed by atoms with E-state index in [1.54, 1.807) is 9.58 Å². The molecule has 2 N–H and O–H groups in total. The Morgan fingerprint density at radius 2 is 1.00 bits per heavy atom. The lowest BCUT2D eigenvalue weighted by Crippen LogP contribution is -2.41. The lowest BCUT2D eigenvalue weighted by molar-refractivity contribution is -0.139. The zero-order valence-electron chi connectivity index (χ0n) is 47.3. The second kappa shape index (κ2) is 22.7. The summed E-state index contributed by atoms with van der Waals surface area (Å²) in [5, 5.41) is 28.6. The van der Waals surface area contributed by atoms with E-state index in [0.717, 1.165) is 86.2 Å². The number of piperidine rings is 2. The van der Waals surface area contributed by atoms with Crippen molar-refractivity contribution < 1.29 is 34.1 Å². The fraction of sp³-hybridized carbons (Fsp3) is 0.586. The van der Waals surface area contributed by atoms with Crippen molar-refractivity contribution in [3.63, 3.8) is 0 Å². The molecule has 2 amide bonds. The van der Waals surface area contributed by atoms with Crippen LogP contribution in [0.3, 0.4) is 0 Å². The number of amides is 2. The summed E-state index contributed by atoms with van der Waals surface area (Å²) in [6.07, 6.45) is 3.10. The molecule has 2 aliphatic rings. The largest absolute Gasteiger partial charge is 0.507 e. The summed E-state index contributed by atoms with van der Waals surface area (Å²) in [5.41, 5.74) is 6.90. The first-order valence-electron chi connectivity index (χ1n) is 26.0. The Balaban J connectivity index is 0.000000248. The lowest BCUT2D eigenvalue weighted by Gasteiger charge is -2.32. The quantitative estimate of drug-likeness (QED) is 0.143. The Bertz CT molecular complexity index is 2800. The lowest BCUT2D eigenvalue weighted by atomic mass is 9.78. The standard InChI is InChI=1S/C31H41ClN4O4S.C27H39ClN2O3S/c1-18-13-21(16-25(38)40-8)34-36(18)17-24(37)35-11-9-19(10-12-35)29-33-26(28(32)41-29)20-14-22(30(2,3)4)27(39)23(15-20)31(5,6)7;1-25(2,3)18-14-17(15-19(21(18)31)26(4,5)6)20-22(28)34-23(29-20)16-10-12-30(13-11-16)24(32)33-27(7,8)9/h13-15,19,39H,9-12,16-17H2,1-8H3;14-16,31H,10-13H2,1-9H3. The number of hydrogen-bond acceptors (Lipinski definition) is 12. The fourth-order valence-corrected chi connectivity index (χ4v) is 12.2. The average molecular weight is 1110 g/mol. The van der Waals surface area contributed by atoms with Gasteiger partial charge in [-0.2, -0.15) is 5.10 Å². The molecule has 2 fully saturated rings. The summed E-state index contributed by atoms with van der Waals surface area (Å²) in [4.78, 5) is 50.7. The first kappa shape index (κ1) is 59.5. The van der Waals surface area contributed by atoms with E-state index < -0.39 is 5.60 Å². The minimum atomic E-state index is -0.492. The van der Waals surface area contributed by atoms with Crippen LogP contribution in [0.4, 0.5) is 4.79 Å². The molecular weight excluding hydrogens is 1030 g/mol. The Hall–Kier alpha value is -4.70. The second-order valence-corrected chi connectivity index (χ2v) is 28.5. The van der Waals surface area contributed by atoms with Crippen LogP contribution in [0.2, 0.25) is 8.67 Å². The van der Waals surface area contributed by atoms with Gasteiger partial charge >= 0.3 is 12.1 Å². The van der Waals surface area contributed by atoms with Gasteiger partial charge in [-0.1, -0.05) is 106 Å². The molecule has 0 bridgehead atoms. The van der Waals surface area contributed by atoms with E-state index in [-0.39, 0.29) is 64.4 Å². The van der Waals surface area contributed by atoms with Gasteiger partial charge in [0.15, 0.2) is 0 Å². The van der Waals surface area contributed by atoms with Crippen molar-refractivity contribution in [3.05, 3.63) is 82.7 Å². The van der Waals surface area contributed by atoms with Gasteiger partial charge in [0, 0.05) is 77.1 Å². The van der Waals surface area contributed by atoms with Gasteiger partial charge in [-0.25, -0.2) is 14.8 Å². The monoisotopic (exact) mass is 1110 g/mol. The molecule has 0 unspecified atom stereocenters. The van der Waals surface area contributed by atoms with Crippen LogP contribution in [-0.4, -0.2) is 96.6 Å². The van der Waals surface area contributed by atoms with Crippen LogP contribution in [0.25, 0.3) is 22.5 Å². The van der Waals surface area contributed by atoms with Crippen molar-refractivity contribution in [2.24, 2.45) is 0 Å². The summed E-state index contributed by atoms with van der Waals surface area (Å²) in [6.45, 7) is 35.4. The van der Waals surface area contributed by atoms with Gasteiger partial charge in [0.25, 0.3) is 0 Å². The predicted octanol–water partition coefficient (Wildman–Crippen LogP) is 14.3. The number of methoxy groups -OCH3 is 1. The van der Waals surface area contributed by atoms with Crippen molar-refractivity contribution in [2.75, 3.05) is 33.3 Å². The first-order valence-corrected chi connectivity index (χ1v) is 28.4. The highest BCUT2D eigenvalue weighted by Gasteiger charge is 2.34. The number of phenolic OH excluding ortho intramolecular Hbond substituents is 2. The molecule has 0 spiro atoms. The second-order valence-electron chi connectivity index (χ2n) is 25.3. The van der Waals surface area contributed by atoms with Crippen LogP contribution in [0.15, 0.2) is 30.3 Å². The van der Waals surface area contributed by atoms with E-state index in [1.807, 2.05) is 62.9 Å². The Labute approximate surface area is 463 Å². The number of nitrogens with zero attached hydrogens (tertiary/aromatic N) is 6. The van der Waals surface area contributed by atoms with Crippen LogP contribution < -0.4 is 0 Å². The predicted molar refractivity (Wildman–Crippen MR) is 304 cm³/mol. The van der Waals surface area contributed by atoms with Crippen LogP contribution in [0.5, 0.6) is 11.5 Å². The van der Waals surface area contributed by atoms with E-state index in [4.69, 9.17) is 42.6 Å². The van der Waals surface area contributed by atoms with Crippen molar-refractivity contribution in [2.45, 2.75) is 189 Å². The smallest absolute Gasteiger partial charge is 0.410 e. The third-order valence-electron chi connectivity index (χ3n) is 13.8. The molecule has 17 heteroatoms. The molecule has 2 aliphatic heterocycles. The number of likely N-dealkylation sites (tertiary alicyclic amines) is 2. The topological polar surface area (TPSA) is 160 Å². The Morgan fingerprint density at radius 1 is 0.627 bits per heavy atom. The van der Waals surface area contributed by atoms with Crippen molar-refractivity contribution in [3.8, 4) is 34.0 Å². The molecule has 0 atom stereocenters. The van der Waals surface area contributed by atoms with Gasteiger partial charge in [-0.05, 0) is 105 Å². The number of benzene rings is 2. The molecule has 13 nitrogen and oxygen atoms in total. The van der Waals surface area contributed by atoms with E-state index in [0.29, 0.717) is 52.0 Å². The van der Waals surface area contributed by atoms with Crippen molar-refractivity contribution >= 4 is 63.8 Å². The Morgan fingerprint density at radius 3 is 1.35 bits per heavy atom. The van der Waals surface area contributed by atoms with Gasteiger partial charge in [0.05, 0.1) is 29.2 Å². The van der Waals surface area contributed by atoms with E-state index >= 15 is 0 Å². The number of phenols is 2. The number of aromatic hydroxyl groups is 2. The molecular formula is C58H80Cl2N6O7S2. The Kier molecular flexibility index (Phi) is 18.0. The highest BCUT2D eigenvalue weighted by atomic mass is 35.5. The fourth-order valence-electron chi connectivity index (χ4n) is 9.45. The molecule has 7 rings (SSSR count). The summed E-state index contributed by atoms with van der Waals surface area (Å²) in [5.74, 6) is 0.812. The number of halogens is 2. The number of esters is 1. The van der Waals surface area contributed by atoms with Gasteiger partial charge in [-0.3, -0.25) is 14.3 Å². The van der Waals surface area contributed by atoms with Crippen LogP contribution in [0, 0.1) is 6.92 Å². The van der Waals surface area contributed by atoms with E-state index in [1.165, 1.54) is 29.8 Å². The third-order valence-corrected chi connectivity index (χ3v) is 16.6. The number of thiazole rings is 2. The number of carbonyl (C=O) groups excluding carboxylic acids is 3. The summed E-state index contributed by atoms with van der Waals surface area (Å²) in [7, 11) is 1.35. The molecule has 410 valence electrons. The minimum absolute atomic E-state index is 0.00522. The van der Waals surface area contributed by atoms with Gasteiger partial charge < -0.3 is 29.5 Å². The third kappa shape index (κ3) is 14.7. The van der Waals surface area contributed by atoms with Crippen molar-refractivity contribution in [1.82, 2.24) is 29.5 Å². The molecule has 3 aromatic heterocycles. The number of aromatic nitrogens is 4. The molecule has 0 radical (unpaired) electrons. The molecule has 0 aliphatic carbocycles. The maximum absolute atomic E-state index is 13.1. The molecule has 75 heavy (non-hydrogen) atoms. The summed E-state index contributed by atoms with van der Waals surface area (Å²) < 4.78 is 13.2. The summed E-state index contributed by atoms with van der Waals surface area (Å²) in [6, 6.07) is 9.90. The first-order chi connectivity index (χ1) is 34.5. The molecule has 5 heterocycles. The van der Waals surface area contributed by atoms with Crippen LogP contribution in [0.1, 0.15) is 185 Å². The van der Waals surface area contributed by atoms with Gasteiger partial charge in [0.2, 0.25) is 5.91 Å². The molecule has 0 saturated carbocycles. The van der Waals surface area contributed by atoms with Crippen molar-refractivity contribution in [1.29, 1.82) is 0 Å². The van der Waals surface area contributed by atoms with Crippen LogP contribution in [-0.2, 0) is 53.7 Å². The van der Waals surface area contributed by atoms with Gasteiger partial charge in [-0.15, -0.1) is 22.7 Å². The maximum atomic E-state index is 13.1. The number of hydrogen-bond donors (Lipinski definition) is 2. The van der Waals surface area contributed by atoms with E-state index in [9.17, 15) is 24.6 Å².